The van der Waals surface area contributed by atoms with Gasteiger partial charge >= 0.3 is 6.18 Å². The number of benzene rings is 1. The second kappa shape index (κ2) is 4.74. The largest absolute Gasteiger partial charge is 0.416 e. The molecule has 108 valence electrons. The van der Waals surface area contributed by atoms with Gasteiger partial charge in [-0.1, -0.05) is 11.6 Å². The van der Waals surface area contributed by atoms with E-state index in [0.29, 0.717) is 30.9 Å². The van der Waals surface area contributed by atoms with E-state index in [-0.39, 0.29) is 10.6 Å². The molecule has 0 bridgehead atoms. The lowest BCUT2D eigenvalue weighted by molar-refractivity contribution is -0.138. The van der Waals surface area contributed by atoms with E-state index in [1.54, 1.807) is 0 Å². The van der Waals surface area contributed by atoms with Crippen LogP contribution in [0.1, 0.15) is 35.6 Å². The Morgan fingerprint density at radius 2 is 2.05 bits per heavy atom. The van der Waals surface area contributed by atoms with Crippen molar-refractivity contribution in [3.63, 3.8) is 0 Å². The highest BCUT2D eigenvalue weighted by Gasteiger charge is 2.42. The van der Waals surface area contributed by atoms with E-state index in [2.05, 4.69) is 0 Å². The Labute approximate surface area is 119 Å². The zero-order valence-electron chi connectivity index (χ0n) is 10.6. The normalized spacial score (nSPS) is 22.9. The summed E-state index contributed by atoms with van der Waals surface area (Å²) in [4.78, 5) is 13.1. The number of rotatable bonds is 3. The summed E-state index contributed by atoms with van der Waals surface area (Å²) in [5.41, 5.74) is -0.185. The fourth-order valence-electron chi connectivity index (χ4n) is 2.85. The summed E-state index contributed by atoms with van der Waals surface area (Å²) in [6.45, 7) is 1.03. The lowest BCUT2D eigenvalue weighted by Gasteiger charge is -2.21. The van der Waals surface area contributed by atoms with Crippen molar-refractivity contribution < 1.29 is 18.0 Å². The fourth-order valence-corrected chi connectivity index (χ4v) is 3.09. The van der Waals surface area contributed by atoms with Gasteiger partial charge in [0.15, 0.2) is 0 Å². The summed E-state index contributed by atoms with van der Waals surface area (Å²) in [5.74, 6) is 0.511. The number of halogens is 4. The van der Waals surface area contributed by atoms with E-state index in [0.717, 1.165) is 18.9 Å². The quantitative estimate of drug-likeness (QED) is 0.791. The van der Waals surface area contributed by atoms with Crippen LogP contribution in [-0.2, 0) is 17.5 Å². The molecule has 1 heterocycles. The standard InChI is InChI=1S/C14H13ClF3NO/c15-10-3-9-6-19(5-8-1-2-8)12(7-20)13(9)11(4-10)14(16,17)18/h3-4,7-8,12H,1-2,5-6H2. The number of nitrogens with zero attached hydrogens (tertiary/aromatic N) is 1. The zero-order chi connectivity index (χ0) is 14.5. The maximum absolute atomic E-state index is 13.1. The molecule has 0 N–H and O–H groups in total. The first-order chi connectivity index (χ1) is 9.40. The van der Waals surface area contributed by atoms with Crippen LogP contribution in [0.2, 0.25) is 5.02 Å². The molecule has 1 unspecified atom stereocenters. The van der Waals surface area contributed by atoms with Crippen LogP contribution in [0, 0.1) is 5.92 Å². The third-order valence-electron chi connectivity index (χ3n) is 3.92. The van der Waals surface area contributed by atoms with Gasteiger partial charge < -0.3 is 4.79 Å². The Balaban J connectivity index is 2.04. The Morgan fingerprint density at radius 1 is 1.35 bits per heavy atom. The minimum absolute atomic E-state index is 0.0639. The molecule has 6 heteroatoms. The molecule has 1 aliphatic heterocycles. The second-order valence-corrected chi connectivity index (χ2v) is 5.91. The van der Waals surface area contributed by atoms with Crippen LogP contribution in [-0.4, -0.2) is 17.7 Å². The average Bonchev–Trinajstić information content (AvgIpc) is 3.07. The Hall–Kier alpha value is -1.07. The zero-order valence-corrected chi connectivity index (χ0v) is 11.3. The van der Waals surface area contributed by atoms with Crippen molar-refractivity contribution in [3.8, 4) is 0 Å². The van der Waals surface area contributed by atoms with Crippen LogP contribution in [0.4, 0.5) is 13.2 Å². The predicted molar refractivity (Wildman–Crippen MR) is 68.4 cm³/mol. The smallest absolute Gasteiger partial charge is 0.301 e. The van der Waals surface area contributed by atoms with E-state index in [9.17, 15) is 18.0 Å². The topological polar surface area (TPSA) is 20.3 Å². The van der Waals surface area contributed by atoms with Gasteiger partial charge in [0.1, 0.15) is 6.29 Å². The van der Waals surface area contributed by atoms with Crippen LogP contribution < -0.4 is 0 Å². The first-order valence-corrected chi connectivity index (χ1v) is 6.87. The monoisotopic (exact) mass is 303 g/mol. The van der Waals surface area contributed by atoms with Crippen molar-refractivity contribution in [1.29, 1.82) is 0 Å². The summed E-state index contributed by atoms with van der Waals surface area (Å²) < 4.78 is 39.4. The molecular formula is C14H13ClF3NO. The van der Waals surface area contributed by atoms with Gasteiger partial charge in [-0.3, -0.25) is 4.90 Å². The second-order valence-electron chi connectivity index (χ2n) is 5.48. The summed E-state index contributed by atoms with van der Waals surface area (Å²) in [6, 6.07) is 1.65. The number of aldehydes is 1. The first-order valence-electron chi connectivity index (χ1n) is 6.49. The van der Waals surface area contributed by atoms with Crippen molar-refractivity contribution in [3.05, 3.63) is 33.8 Å². The predicted octanol–water partition coefficient (Wildman–Crippen LogP) is 3.82. The molecule has 0 aromatic heterocycles. The van der Waals surface area contributed by atoms with Crippen LogP contribution in [0.3, 0.4) is 0 Å². The van der Waals surface area contributed by atoms with E-state index >= 15 is 0 Å². The molecule has 1 fully saturated rings. The molecule has 1 aliphatic carbocycles. The van der Waals surface area contributed by atoms with Crippen LogP contribution in [0.15, 0.2) is 12.1 Å². The number of carbonyl (C=O) groups is 1. The Bertz CT molecular complexity index is 554. The minimum atomic E-state index is -4.49. The molecular weight excluding hydrogens is 291 g/mol. The van der Waals surface area contributed by atoms with Crippen molar-refractivity contribution in [2.24, 2.45) is 5.92 Å². The minimum Gasteiger partial charge on any atom is -0.301 e. The van der Waals surface area contributed by atoms with Gasteiger partial charge in [-0.05, 0) is 42.0 Å². The number of fused-ring (bicyclic) bond motifs is 1. The van der Waals surface area contributed by atoms with Crippen molar-refractivity contribution in [2.45, 2.75) is 31.6 Å². The highest BCUT2D eigenvalue weighted by Crippen LogP contribution is 2.44. The molecule has 0 saturated heterocycles. The van der Waals surface area contributed by atoms with Crippen LogP contribution >= 0.6 is 11.6 Å². The van der Waals surface area contributed by atoms with Gasteiger partial charge in [0.2, 0.25) is 0 Å². The highest BCUT2D eigenvalue weighted by atomic mass is 35.5. The Kier molecular flexibility index (Phi) is 3.29. The molecule has 2 aliphatic rings. The summed E-state index contributed by atoms with van der Waals surface area (Å²) in [6.07, 6.45) is -1.71. The lowest BCUT2D eigenvalue weighted by Crippen LogP contribution is -2.26. The molecule has 2 nitrogen and oxygen atoms in total. The number of carbonyl (C=O) groups excluding carboxylic acids is 1. The molecule has 0 spiro atoms. The summed E-state index contributed by atoms with van der Waals surface area (Å²) in [5, 5.41) is 0.0639. The van der Waals surface area contributed by atoms with E-state index < -0.39 is 17.8 Å². The van der Waals surface area contributed by atoms with Gasteiger partial charge in [0.05, 0.1) is 11.6 Å². The van der Waals surface area contributed by atoms with Gasteiger partial charge in [0, 0.05) is 18.1 Å². The van der Waals surface area contributed by atoms with Crippen molar-refractivity contribution >= 4 is 17.9 Å². The lowest BCUT2D eigenvalue weighted by atomic mass is 9.98. The third-order valence-corrected chi connectivity index (χ3v) is 4.14. The molecule has 1 aromatic carbocycles. The number of hydrogen-bond acceptors (Lipinski definition) is 2. The van der Waals surface area contributed by atoms with Crippen molar-refractivity contribution in [1.82, 2.24) is 4.90 Å². The maximum atomic E-state index is 13.1. The van der Waals surface area contributed by atoms with E-state index in [4.69, 9.17) is 11.6 Å². The van der Waals surface area contributed by atoms with E-state index in [1.807, 2.05) is 4.90 Å². The molecule has 3 rings (SSSR count). The summed E-state index contributed by atoms with van der Waals surface area (Å²) >= 11 is 5.78. The molecule has 20 heavy (non-hydrogen) atoms. The number of hydrogen-bond donors (Lipinski definition) is 0. The maximum Gasteiger partial charge on any atom is 0.416 e. The molecule has 1 saturated carbocycles. The SMILES string of the molecule is O=CC1c2c(cc(Cl)cc2C(F)(F)F)CN1CC1CC1. The molecule has 1 aromatic rings. The fraction of sp³-hybridized carbons (Fsp3) is 0.500. The van der Waals surface area contributed by atoms with Crippen LogP contribution in [0.5, 0.6) is 0 Å². The van der Waals surface area contributed by atoms with Gasteiger partial charge in [-0.15, -0.1) is 0 Å². The van der Waals surface area contributed by atoms with Gasteiger partial charge in [0.25, 0.3) is 0 Å². The number of alkyl halides is 3. The first kappa shape index (κ1) is 13.9. The van der Waals surface area contributed by atoms with Crippen LogP contribution in [0.25, 0.3) is 0 Å². The highest BCUT2D eigenvalue weighted by molar-refractivity contribution is 6.30. The Morgan fingerprint density at radius 3 is 2.60 bits per heavy atom. The van der Waals surface area contributed by atoms with Crippen molar-refractivity contribution in [2.75, 3.05) is 6.54 Å². The van der Waals surface area contributed by atoms with E-state index in [1.165, 1.54) is 6.07 Å². The van der Waals surface area contributed by atoms with Gasteiger partial charge in [-0.2, -0.15) is 13.2 Å². The molecule has 1 atom stereocenters. The average molecular weight is 304 g/mol. The van der Waals surface area contributed by atoms with Gasteiger partial charge in [-0.25, -0.2) is 0 Å². The summed E-state index contributed by atoms with van der Waals surface area (Å²) in [7, 11) is 0. The molecule has 0 radical (unpaired) electrons. The molecule has 0 amide bonds. The third kappa shape index (κ3) is 2.44.